The van der Waals surface area contributed by atoms with Crippen molar-refractivity contribution in [2.24, 2.45) is 4.99 Å². The number of amidine groups is 1. The van der Waals surface area contributed by atoms with E-state index in [1.165, 1.54) is 4.90 Å². The second-order valence-corrected chi connectivity index (χ2v) is 11.6. The highest BCUT2D eigenvalue weighted by Crippen LogP contribution is 2.38. The maximum atomic E-state index is 12.7. The predicted molar refractivity (Wildman–Crippen MR) is 154 cm³/mol. The van der Waals surface area contributed by atoms with Crippen LogP contribution in [0.1, 0.15) is 64.2 Å². The number of pyridine rings is 1. The molecule has 1 aromatic carbocycles. The maximum absolute atomic E-state index is 12.7. The van der Waals surface area contributed by atoms with Crippen molar-refractivity contribution in [2.45, 2.75) is 66.0 Å². The zero-order valence-corrected chi connectivity index (χ0v) is 24.9. The number of halogens is 2. The topological polar surface area (TPSA) is 78.3 Å². The molecule has 1 saturated heterocycles. The van der Waals surface area contributed by atoms with Crippen LogP contribution in [0.4, 0.5) is 16.3 Å². The Morgan fingerprint density at radius 1 is 1.26 bits per heavy atom. The third-order valence-corrected chi connectivity index (χ3v) is 7.06. The second kappa shape index (κ2) is 11.9. The van der Waals surface area contributed by atoms with Gasteiger partial charge in [-0.1, -0.05) is 55.2 Å². The quantitative estimate of drug-likeness (QED) is 0.182. The van der Waals surface area contributed by atoms with E-state index in [0.717, 1.165) is 23.2 Å². The lowest BCUT2D eigenvalue weighted by Gasteiger charge is -2.42. The molecule has 1 aromatic heterocycles. The van der Waals surface area contributed by atoms with Gasteiger partial charge in [0.2, 0.25) is 6.41 Å². The maximum Gasteiger partial charge on any atom is 0.410 e. The fourth-order valence-electron chi connectivity index (χ4n) is 4.66. The van der Waals surface area contributed by atoms with E-state index in [2.05, 4.69) is 28.7 Å². The van der Waals surface area contributed by atoms with Crippen LogP contribution in [0.2, 0.25) is 10.2 Å². The normalized spacial score (nSPS) is 16.6. The molecular formula is C28H37Cl2N5O3. The lowest BCUT2D eigenvalue weighted by Crippen LogP contribution is -2.56. The molecule has 0 N–H and O–H groups in total. The van der Waals surface area contributed by atoms with Gasteiger partial charge < -0.3 is 14.5 Å². The summed E-state index contributed by atoms with van der Waals surface area (Å²) in [5.41, 5.74) is 2.69. The molecule has 2 amide bonds. The van der Waals surface area contributed by atoms with E-state index in [-0.39, 0.29) is 28.2 Å². The molecule has 8 nitrogen and oxygen atoms in total. The van der Waals surface area contributed by atoms with Crippen LogP contribution in [0.15, 0.2) is 29.3 Å². The molecule has 2 heterocycles. The number of ether oxygens (including phenoxy) is 1. The summed E-state index contributed by atoms with van der Waals surface area (Å²) in [5.74, 6) is 1.11. The summed E-state index contributed by atoms with van der Waals surface area (Å²) in [5, 5.41) is 0.349. The van der Waals surface area contributed by atoms with Gasteiger partial charge in [0.25, 0.3) is 0 Å². The van der Waals surface area contributed by atoms with Crippen molar-refractivity contribution in [1.29, 1.82) is 0 Å². The van der Waals surface area contributed by atoms with E-state index in [0.29, 0.717) is 36.9 Å². The fraction of sp³-hybridized carbons (Fsp3) is 0.500. The molecule has 0 aliphatic carbocycles. The summed E-state index contributed by atoms with van der Waals surface area (Å²) < 4.78 is 5.57. The molecule has 38 heavy (non-hydrogen) atoms. The predicted octanol–water partition coefficient (Wildman–Crippen LogP) is 6.43. The average molecular weight is 563 g/mol. The Morgan fingerprint density at radius 3 is 2.50 bits per heavy atom. The van der Waals surface area contributed by atoms with Gasteiger partial charge in [-0.05, 0) is 57.7 Å². The summed E-state index contributed by atoms with van der Waals surface area (Å²) in [7, 11) is 1.69. The molecule has 206 valence electrons. The van der Waals surface area contributed by atoms with Crippen LogP contribution >= 0.6 is 23.2 Å². The fourth-order valence-corrected chi connectivity index (χ4v) is 4.94. The van der Waals surface area contributed by atoms with Crippen molar-refractivity contribution in [2.75, 3.05) is 31.6 Å². The van der Waals surface area contributed by atoms with Crippen LogP contribution in [-0.4, -0.2) is 71.4 Å². The highest BCUT2D eigenvalue weighted by molar-refractivity contribution is 6.41. The lowest BCUT2D eigenvalue weighted by molar-refractivity contribution is -0.106. The van der Waals surface area contributed by atoms with Gasteiger partial charge >= 0.3 is 6.09 Å². The molecule has 1 unspecified atom stereocenters. The molecular weight excluding hydrogens is 525 g/mol. The molecule has 0 radical (unpaired) electrons. The Balaban J connectivity index is 2.06. The van der Waals surface area contributed by atoms with Crippen LogP contribution in [-0.2, 0) is 9.53 Å². The largest absolute Gasteiger partial charge is 0.444 e. The Morgan fingerprint density at radius 2 is 1.95 bits per heavy atom. The molecule has 1 aliphatic heterocycles. The number of anilines is 2. The number of amides is 2. The van der Waals surface area contributed by atoms with Gasteiger partial charge in [-0.3, -0.25) is 14.7 Å². The van der Waals surface area contributed by atoms with Crippen molar-refractivity contribution in [3.05, 3.63) is 51.1 Å². The van der Waals surface area contributed by atoms with Gasteiger partial charge in [-0.2, -0.15) is 0 Å². The zero-order valence-electron chi connectivity index (χ0n) is 23.4. The highest BCUT2D eigenvalue weighted by Gasteiger charge is 2.34. The Kier molecular flexibility index (Phi) is 9.31. The monoisotopic (exact) mass is 561 g/mol. The van der Waals surface area contributed by atoms with Gasteiger partial charge in [0.15, 0.2) is 5.82 Å². The second-order valence-electron chi connectivity index (χ2n) is 10.8. The van der Waals surface area contributed by atoms with E-state index in [4.69, 9.17) is 27.9 Å². The minimum Gasteiger partial charge on any atom is -0.444 e. The first-order valence-corrected chi connectivity index (χ1v) is 13.5. The molecule has 1 aliphatic rings. The number of para-hydroxylation sites is 1. The van der Waals surface area contributed by atoms with Crippen LogP contribution < -0.4 is 4.90 Å². The van der Waals surface area contributed by atoms with Crippen molar-refractivity contribution in [1.82, 2.24) is 14.8 Å². The Labute approximate surface area is 235 Å². The first-order chi connectivity index (χ1) is 17.8. The van der Waals surface area contributed by atoms with Gasteiger partial charge in [-0.15, -0.1) is 0 Å². The number of aromatic nitrogens is 1. The van der Waals surface area contributed by atoms with Crippen LogP contribution in [0, 0.1) is 6.92 Å². The third kappa shape index (κ3) is 6.41. The van der Waals surface area contributed by atoms with Crippen molar-refractivity contribution >= 4 is 53.0 Å². The summed E-state index contributed by atoms with van der Waals surface area (Å²) in [6, 6.07) is 7.55. The van der Waals surface area contributed by atoms with E-state index < -0.39 is 5.60 Å². The highest BCUT2D eigenvalue weighted by atomic mass is 35.5. The Hall–Kier alpha value is -2.84. The number of carbonyl (C=O) groups excluding carboxylic acids is 2. The molecule has 1 atom stereocenters. The minimum absolute atomic E-state index is 0.0911. The molecule has 1 fully saturated rings. The van der Waals surface area contributed by atoms with E-state index in [9.17, 15) is 9.59 Å². The summed E-state index contributed by atoms with van der Waals surface area (Å²) in [6.45, 7) is 15.1. The number of carbonyl (C=O) groups is 2. The first-order valence-electron chi connectivity index (χ1n) is 12.7. The number of benzene rings is 1. The smallest absolute Gasteiger partial charge is 0.410 e. The summed E-state index contributed by atoms with van der Waals surface area (Å²) in [4.78, 5) is 39.8. The van der Waals surface area contributed by atoms with Gasteiger partial charge in [0, 0.05) is 32.7 Å². The molecule has 0 spiro atoms. The van der Waals surface area contributed by atoms with E-state index in [1.54, 1.807) is 18.0 Å². The van der Waals surface area contributed by atoms with Crippen molar-refractivity contribution in [3.63, 3.8) is 0 Å². The van der Waals surface area contributed by atoms with Gasteiger partial charge in [0.05, 0.1) is 16.3 Å². The SMILES string of the molecule is CN=C(c1cc(Cl)c(Cl)nc1N(C=O)c1c(C)cccc1C(C)C)N1CCN(C(=O)OC(C)(C)C)CC1C. The summed E-state index contributed by atoms with van der Waals surface area (Å²) in [6.07, 6.45) is 0.408. The van der Waals surface area contributed by atoms with Crippen LogP contribution in [0.3, 0.4) is 0 Å². The molecule has 3 rings (SSSR count). The molecule has 2 aromatic rings. The standard InChI is InChI=1S/C28H37Cl2N5O3/c1-17(2)20-11-9-10-18(3)23(20)35(16-36)26-21(14-22(29)24(30)32-26)25(31-8)34-13-12-33(15-19(34)4)27(37)38-28(5,6)7/h9-11,14,16-17,19H,12-13,15H2,1-8H3. The number of piperazine rings is 1. The average Bonchev–Trinajstić information content (AvgIpc) is 2.83. The third-order valence-electron chi connectivity index (χ3n) is 6.38. The van der Waals surface area contributed by atoms with Gasteiger partial charge in [0.1, 0.15) is 16.6 Å². The number of aliphatic imine (C=N–C) groups is 1. The molecule has 0 bridgehead atoms. The van der Waals surface area contributed by atoms with Crippen LogP contribution in [0.5, 0.6) is 0 Å². The lowest BCUT2D eigenvalue weighted by atomic mass is 9.97. The summed E-state index contributed by atoms with van der Waals surface area (Å²) >= 11 is 12.8. The Bertz CT molecular complexity index is 1230. The van der Waals surface area contributed by atoms with Crippen molar-refractivity contribution < 1.29 is 14.3 Å². The van der Waals surface area contributed by atoms with Crippen LogP contribution in [0.25, 0.3) is 0 Å². The number of aryl methyl sites for hydroxylation is 1. The van der Waals surface area contributed by atoms with Crippen molar-refractivity contribution in [3.8, 4) is 0 Å². The molecule has 0 saturated carbocycles. The minimum atomic E-state index is -0.573. The number of nitrogens with zero attached hydrogens (tertiary/aromatic N) is 5. The van der Waals surface area contributed by atoms with E-state index in [1.807, 2.05) is 52.8 Å². The van der Waals surface area contributed by atoms with Gasteiger partial charge in [-0.25, -0.2) is 9.78 Å². The zero-order chi connectivity index (χ0) is 28.4. The number of hydrogen-bond acceptors (Lipinski definition) is 5. The number of rotatable bonds is 5. The first kappa shape index (κ1) is 29.7. The molecule has 10 heteroatoms. The van der Waals surface area contributed by atoms with E-state index >= 15 is 0 Å². The number of hydrogen-bond donors (Lipinski definition) is 0.